The second-order valence-electron chi connectivity index (χ2n) is 6.16. The van der Waals surface area contributed by atoms with Crippen LogP contribution in [0.25, 0.3) is 0 Å². The summed E-state index contributed by atoms with van der Waals surface area (Å²) in [6.07, 6.45) is 0. The molecule has 1 atom stereocenters. The van der Waals surface area contributed by atoms with Crippen molar-refractivity contribution in [2.75, 3.05) is 26.4 Å². The van der Waals surface area contributed by atoms with Gasteiger partial charge in [0.2, 0.25) is 10.0 Å². The molecule has 1 rings (SSSR count). The third-order valence-corrected chi connectivity index (χ3v) is 5.37. The van der Waals surface area contributed by atoms with Gasteiger partial charge in [0.25, 0.3) is 0 Å². The molecule has 3 N–H and O–H groups in total. The highest BCUT2D eigenvalue weighted by atomic mass is 32.2. The lowest BCUT2D eigenvalue weighted by Gasteiger charge is -2.26. The lowest BCUT2D eigenvalue weighted by atomic mass is 10.1. The molecule has 0 bridgehead atoms. The average Bonchev–Trinajstić information content (AvgIpc) is 2.32. The topological polar surface area (TPSA) is 75.4 Å². The van der Waals surface area contributed by atoms with Crippen LogP contribution < -0.4 is 10.5 Å². The van der Waals surface area contributed by atoms with Crippen LogP contribution in [0, 0.1) is 19.8 Å². The van der Waals surface area contributed by atoms with E-state index in [9.17, 15) is 8.42 Å². The first-order valence-electron chi connectivity index (χ1n) is 7.09. The second-order valence-corrected chi connectivity index (χ2v) is 7.81. The highest BCUT2D eigenvalue weighted by Crippen LogP contribution is 2.25. The third-order valence-electron chi connectivity index (χ3n) is 3.59. The highest BCUT2D eigenvalue weighted by molar-refractivity contribution is 7.89. The molecule has 1 unspecified atom stereocenters. The van der Waals surface area contributed by atoms with Gasteiger partial charge in [0, 0.05) is 18.3 Å². The zero-order valence-corrected chi connectivity index (χ0v) is 14.6. The molecule has 1 aromatic carbocycles. The SMILES string of the molecule is Cc1ccc(N)c(C)c1S(=O)(=O)NC(CN(C)C)C(C)C. The molecular weight excluding hydrogens is 286 g/mol. The van der Waals surface area contributed by atoms with Gasteiger partial charge in [-0.2, -0.15) is 0 Å². The number of nitrogens with zero attached hydrogens (tertiary/aromatic N) is 1. The molecule has 21 heavy (non-hydrogen) atoms. The van der Waals surface area contributed by atoms with E-state index in [4.69, 9.17) is 5.73 Å². The van der Waals surface area contributed by atoms with E-state index >= 15 is 0 Å². The molecule has 5 nitrogen and oxygen atoms in total. The minimum atomic E-state index is -3.59. The van der Waals surface area contributed by atoms with E-state index in [1.54, 1.807) is 26.0 Å². The van der Waals surface area contributed by atoms with Crippen LogP contribution in [0.2, 0.25) is 0 Å². The fourth-order valence-electron chi connectivity index (χ4n) is 2.29. The maximum Gasteiger partial charge on any atom is 0.241 e. The van der Waals surface area contributed by atoms with E-state index in [0.717, 1.165) is 0 Å². The van der Waals surface area contributed by atoms with E-state index < -0.39 is 10.0 Å². The Morgan fingerprint density at radius 1 is 1.24 bits per heavy atom. The first-order valence-corrected chi connectivity index (χ1v) is 8.57. The van der Waals surface area contributed by atoms with E-state index in [2.05, 4.69) is 4.72 Å². The summed E-state index contributed by atoms with van der Waals surface area (Å²) in [6.45, 7) is 8.20. The number of hydrogen-bond acceptors (Lipinski definition) is 4. The maximum atomic E-state index is 12.7. The number of hydrogen-bond donors (Lipinski definition) is 2. The predicted octanol–water partition coefficient (Wildman–Crippen LogP) is 1.75. The van der Waals surface area contributed by atoms with Gasteiger partial charge in [-0.05, 0) is 51.1 Å². The summed E-state index contributed by atoms with van der Waals surface area (Å²) in [5.74, 6) is 0.198. The molecule has 0 amide bonds. The van der Waals surface area contributed by atoms with Crippen LogP contribution in [-0.2, 0) is 10.0 Å². The number of nitrogens with one attached hydrogen (secondary N) is 1. The molecule has 0 spiro atoms. The molecule has 0 saturated carbocycles. The van der Waals surface area contributed by atoms with Crippen molar-refractivity contribution < 1.29 is 8.42 Å². The third kappa shape index (κ3) is 4.43. The van der Waals surface area contributed by atoms with E-state index in [1.807, 2.05) is 32.8 Å². The minimum absolute atomic E-state index is 0.148. The van der Waals surface area contributed by atoms with Gasteiger partial charge in [-0.25, -0.2) is 13.1 Å². The number of nitrogens with two attached hydrogens (primary N) is 1. The predicted molar refractivity (Wildman–Crippen MR) is 87.8 cm³/mol. The summed E-state index contributed by atoms with van der Waals surface area (Å²) in [5.41, 5.74) is 7.67. The number of benzene rings is 1. The van der Waals surface area contributed by atoms with Crippen LogP contribution in [0.1, 0.15) is 25.0 Å². The van der Waals surface area contributed by atoms with Gasteiger partial charge in [-0.3, -0.25) is 0 Å². The fourth-order valence-corrected chi connectivity index (χ4v) is 4.17. The normalized spacial score (nSPS) is 13.9. The van der Waals surface area contributed by atoms with Crippen LogP contribution >= 0.6 is 0 Å². The van der Waals surface area contributed by atoms with Crippen LogP contribution in [0.15, 0.2) is 17.0 Å². The summed E-state index contributed by atoms with van der Waals surface area (Å²) >= 11 is 0. The van der Waals surface area contributed by atoms with Gasteiger partial charge in [-0.15, -0.1) is 0 Å². The monoisotopic (exact) mass is 313 g/mol. The van der Waals surface area contributed by atoms with Crippen molar-refractivity contribution in [3.8, 4) is 0 Å². The van der Waals surface area contributed by atoms with Crippen LogP contribution in [0.5, 0.6) is 0 Å². The van der Waals surface area contributed by atoms with E-state index in [0.29, 0.717) is 28.3 Å². The fraction of sp³-hybridized carbons (Fsp3) is 0.600. The summed E-state index contributed by atoms with van der Waals surface area (Å²) in [6, 6.07) is 3.33. The van der Waals surface area contributed by atoms with Gasteiger partial charge in [0.1, 0.15) is 0 Å². The average molecular weight is 313 g/mol. The van der Waals surface area contributed by atoms with Crippen LogP contribution in [0.3, 0.4) is 0 Å². The van der Waals surface area contributed by atoms with Gasteiger partial charge >= 0.3 is 0 Å². The molecule has 0 aromatic heterocycles. The van der Waals surface area contributed by atoms with E-state index in [-0.39, 0.29) is 12.0 Å². The summed E-state index contributed by atoms with van der Waals surface area (Å²) in [5, 5.41) is 0. The molecule has 1 aromatic rings. The molecule has 0 saturated heterocycles. The standard InChI is InChI=1S/C15H27N3O2S/c1-10(2)14(9-18(5)6)17-21(19,20)15-11(3)7-8-13(16)12(15)4/h7-8,10,14,17H,9,16H2,1-6H3. The molecule has 0 aliphatic heterocycles. The quantitative estimate of drug-likeness (QED) is 0.785. The van der Waals surface area contributed by atoms with E-state index in [1.165, 1.54) is 0 Å². The van der Waals surface area contributed by atoms with Crippen molar-refractivity contribution in [3.63, 3.8) is 0 Å². The molecule has 120 valence electrons. The van der Waals surface area contributed by atoms with Crippen molar-refractivity contribution in [3.05, 3.63) is 23.3 Å². The molecule has 0 aliphatic carbocycles. The zero-order chi connectivity index (χ0) is 16.4. The van der Waals surface area contributed by atoms with Crippen LogP contribution in [0.4, 0.5) is 5.69 Å². The number of nitrogen functional groups attached to an aromatic ring is 1. The second kappa shape index (κ2) is 6.77. The molecule has 0 aliphatic rings. The van der Waals surface area contributed by atoms with Crippen molar-refractivity contribution in [1.29, 1.82) is 0 Å². The Bertz CT molecular complexity index is 595. The summed E-state index contributed by atoms with van der Waals surface area (Å²) < 4.78 is 28.3. The molecule has 0 radical (unpaired) electrons. The summed E-state index contributed by atoms with van der Waals surface area (Å²) in [4.78, 5) is 2.28. The van der Waals surface area contributed by atoms with Gasteiger partial charge in [0.05, 0.1) is 4.90 Å². The van der Waals surface area contributed by atoms with Crippen molar-refractivity contribution in [2.24, 2.45) is 5.92 Å². The molecule has 6 heteroatoms. The minimum Gasteiger partial charge on any atom is -0.398 e. The smallest absolute Gasteiger partial charge is 0.241 e. The lowest BCUT2D eigenvalue weighted by Crippen LogP contribution is -2.45. The summed E-state index contributed by atoms with van der Waals surface area (Å²) in [7, 11) is 0.272. The Kier molecular flexibility index (Phi) is 5.78. The number of aryl methyl sites for hydroxylation is 1. The van der Waals surface area contributed by atoms with Crippen molar-refractivity contribution in [1.82, 2.24) is 9.62 Å². The van der Waals surface area contributed by atoms with Crippen LogP contribution in [-0.4, -0.2) is 40.0 Å². The maximum absolute atomic E-state index is 12.7. The molecule has 0 fully saturated rings. The number of likely N-dealkylation sites (N-methyl/N-ethyl adjacent to an activating group) is 1. The Morgan fingerprint density at radius 2 is 1.81 bits per heavy atom. The van der Waals surface area contributed by atoms with Gasteiger partial charge in [0.15, 0.2) is 0 Å². The Labute approximate surface area is 128 Å². The largest absolute Gasteiger partial charge is 0.398 e. The number of rotatable bonds is 6. The Balaban J connectivity index is 3.20. The first-order chi connectivity index (χ1) is 9.56. The van der Waals surface area contributed by atoms with Crippen molar-refractivity contribution >= 4 is 15.7 Å². The Hall–Kier alpha value is -1.11. The van der Waals surface area contributed by atoms with Gasteiger partial charge < -0.3 is 10.6 Å². The molecular formula is C15H27N3O2S. The molecule has 0 heterocycles. The first kappa shape index (κ1) is 17.9. The zero-order valence-electron chi connectivity index (χ0n) is 13.8. The number of anilines is 1. The lowest BCUT2D eigenvalue weighted by molar-refractivity contribution is 0.314. The van der Waals surface area contributed by atoms with Crippen molar-refractivity contribution in [2.45, 2.75) is 38.6 Å². The Morgan fingerprint density at radius 3 is 2.29 bits per heavy atom. The highest BCUT2D eigenvalue weighted by Gasteiger charge is 2.26. The van der Waals surface area contributed by atoms with Gasteiger partial charge in [-0.1, -0.05) is 19.9 Å². The number of sulfonamides is 1.